The summed E-state index contributed by atoms with van der Waals surface area (Å²) in [4.78, 5) is 52.7. The molecule has 0 aromatic rings. The number of ether oxygens (including phenoxy) is 2. The number of phosphoric acid groups is 2. The highest BCUT2D eigenvalue weighted by Gasteiger charge is 2.28. The molecule has 352 valence electrons. The lowest BCUT2D eigenvalue weighted by Gasteiger charge is -2.20. The second-order valence-electron chi connectivity index (χ2n) is 15.0. The van der Waals surface area contributed by atoms with E-state index in [1.807, 2.05) is 54.7 Å². The average molecular weight is 905 g/mol. The number of phosphoric ester groups is 2. The minimum absolute atomic E-state index is 0.0444. The second-order valence-corrected chi connectivity index (χ2v) is 17.7. The number of aliphatic hydroxyl groups is 2. The van der Waals surface area contributed by atoms with Crippen molar-refractivity contribution in [1.82, 2.24) is 0 Å². The molecule has 14 nitrogen and oxygen atoms in total. The van der Waals surface area contributed by atoms with Crippen molar-refractivity contribution >= 4 is 27.6 Å². The molecule has 0 aliphatic rings. The van der Waals surface area contributed by atoms with Gasteiger partial charge < -0.3 is 34.4 Å². The van der Waals surface area contributed by atoms with Crippen LogP contribution in [0.25, 0.3) is 0 Å². The zero-order valence-corrected chi connectivity index (χ0v) is 38.8. The van der Waals surface area contributed by atoms with Crippen molar-refractivity contribution in [1.29, 1.82) is 0 Å². The highest BCUT2D eigenvalue weighted by atomic mass is 31.2. The molecule has 0 aliphatic carbocycles. The summed E-state index contributed by atoms with van der Waals surface area (Å²) in [5, 5.41) is 19.7. The maximum atomic E-state index is 12.7. The zero-order valence-electron chi connectivity index (χ0n) is 37.0. The van der Waals surface area contributed by atoms with Crippen molar-refractivity contribution in [3.05, 3.63) is 72.9 Å². The Kier molecular flexibility index (Phi) is 37.5. The van der Waals surface area contributed by atoms with Crippen LogP contribution >= 0.6 is 15.6 Å². The molecule has 0 spiro atoms. The average Bonchev–Trinajstić information content (AvgIpc) is 3.21. The number of rotatable bonds is 40. The van der Waals surface area contributed by atoms with Crippen LogP contribution < -0.4 is 0 Å². The molecule has 5 atom stereocenters. The van der Waals surface area contributed by atoms with Gasteiger partial charge in [-0.3, -0.25) is 23.2 Å². The van der Waals surface area contributed by atoms with Gasteiger partial charge in [0.1, 0.15) is 12.7 Å². The SMILES string of the molecule is CC/C=C\C/C=C\CC(O)/C=C/C=C\C/C=C\C/C=C\CCC(=O)OC[C@H](COP(=O)(O)OC[C@@H](O)COP(=O)(O)O)OC(=O)CCCCCCCCCCCCC(C)CC. The topological polar surface area (TPSA) is 216 Å². The van der Waals surface area contributed by atoms with E-state index in [0.717, 1.165) is 50.9 Å². The van der Waals surface area contributed by atoms with E-state index in [4.69, 9.17) is 23.8 Å². The van der Waals surface area contributed by atoms with Gasteiger partial charge in [0.2, 0.25) is 0 Å². The molecule has 0 saturated carbocycles. The molecule has 0 radical (unpaired) electrons. The first-order valence-corrected chi connectivity index (χ1v) is 25.2. The maximum absolute atomic E-state index is 12.7. The third-order valence-corrected chi connectivity index (χ3v) is 10.7. The quantitative estimate of drug-likeness (QED) is 0.0127. The van der Waals surface area contributed by atoms with Crippen LogP contribution in [0, 0.1) is 5.92 Å². The molecule has 5 N–H and O–H groups in total. The van der Waals surface area contributed by atoms with E-state index in [2.05, 4.69) is 42.0 Å². The van der Waals surface area contributed by atoms with Crippen LogP contribution in [0.15, 0.2) is 72.9 Å². The zero-order chi connectivity index (χ0) is 45.5. The van der Waals surface area contributed by atoms with Crippen molar-refractivity contribution < 1.29 is 66.7 Å². The van der Waals surface area contributed by atoms with Crippen LogP contribution in [0.1, 0.15) is 149 Å². The van der Waals surface area contributed by atoms with Gasteiger partial charge in [0.15, 0.2) is 6.10 Å². The Morgan fingerprint density at radius 2 is 1.16 bits per heavy atom. The largest absolute Gasteiger partial charge is 0.472 e. The normalized spacial score (nSPS) is 15.7. The number of allylic oxidation sites excluding steroid dienone is 10. The molecule has 0 aromatic heterocycles. The number of carbonyl (C=O) groups excluding carboxylic acids is 2. The Morgan fingerprint density at radius 3 is 1.80 bits per heavy atom. The third-order valence-electron chi connectivity index (χ3n) is 9.23. The molecular formula is C45H78O14P2. The number of carbonyl (C=O) groups is 2. The molecule has 0 saturated heterocycles. The molecule has 0 rings (SSSR count). The molecular weight excluding hydrogens is 826 g/mol. The van der Waals surface area contributed by atoms with Crippen molar-refractivity contribution in [3.63, 3.8) is 0 Å². The van der Waals surface area contributed by atoms with Gasteiger partial charge in [-0.15, -0.1) is 0 Å². The smallest absolute Gasteiger partial charge is 0.462 e. The first-order valence-electron chi connectivity index (χ1n) is 22.1. The van der Waals surface area contributed by atoms with Crippen LogP contribution in [0.5, 0.6) is 0 Å². The van der Waals surface area contributed by atoms with Crippen LogP contribution in [0.2, 0.25) is 0 Å². The summed E-state index contributed by atoms with van der Waals surface area (Å²) in [5.41, 5.74) is 0. The molecule has 0 heterocycles. The minimum Gasteiger partial charge on any atom is -0.462 e. The molecule has 0 aromatic carbocycles. The van der Waals surface area contributed by atoms with E-state index in [1.54, 1.807) is 6.08 Å². The van der Waals surface area contributed by atoms with Gasteiger partial charge >= 0.3 is 27.6 Å². The predicted molar refractivity (Wildman–Crippen MR) is 240 cm³/mol. The minimum atomic E-state index is -4.88. The fourth-order valence-corrected chi connectivity index (χ4v) is 6.65. The molecule has 0 aliphatic heterocycles. The summed E-state index contributed by atoms with van der Waals surface area (Å²) >= 11 is 0. The number of esters is 2. The lowest BCUT2D eigenvalue weighted by molar-refractivity contribution is -0.161. The summed E-state index contributed by atoms with van der Waals surface area (Å²) in [6.45, 7) is 3.80. The van der Waals surface area contributed by atoms with Crippen LogP contribution in [-0.2, 0) is 41.8 Å². The van der Waals surface area contributed by atoms with Gasteiger partial charge in [-0.25, -0.2) is 9.13 Å². The molecule has 0 bridgehead atoms. The van der Waals surface area contributed by atoms with Crippen LogP contribution in [0.3, 0.4) is 0 Å². The molecule has 16 heteroatoms. The Labute approximate surface area is 366 Å². The second kappa shape index (κ2) is 39.1. The first kappa shape index (κ1) is 58.5. The Hall–Kier alpha value is -2.48. The maximum Gasteiger partial charge on any atom is 0.472 e. The monoisotopic (exact) mass is 904 g/mol. The number of unbranched alkanes of at least 4 members (excludes halogenated alkanes) is 9. The first-order chi connectivity index (χ1) is 29.2. The Bertz CT molecular complexity index is 1390. The van der Waals surface area contributed by atoms with Crippen molar-refractivity contribution in [2.75, 3.05) is 26.4 Å². The number of hydrogen-bond donors (Lipinski definition) is 5. The number of hydrogen-bond acceptors (Lipinski definition) is 11. The molecule has 61 heavy (non-hydrogen) atoms. The van der Waals surface area contributed by atoms with Gasteiger partial charge in [0, 0.05) is 12.8 Å². The van der Waals surface area contributed by atoms with E-state index in [9.17, 15) is 33.8 Å². The molecule has 3 unspecified atom stereocenters. The van der Waals surface area contributed by atoms with E-state index in [1.165, 1.54) is 44.9 Å². The highest BCUT2D eigenvalue weighted by Crippen LogP contribution is 2.43. The number of aliphatic hydroxyl groups excluding tert-OH is 2. The van der Waals surface area contributed by atoms with E-state index >= 15 is 0 Å². The molecule has 0 amide bonds. The van der Waals surface area contributed by atoms with Gasteiger partial charge in [0.25, 0.3) is 0 Å². The highest BCUT2D eigenvalue weighted by molar-refractivity contribution is 7.47. The van der Waals surface area contributed by atoms with Gasteiger partial charge in [0.05, 0.1) is 25.9 Å². The standard InChI is InChI=1S/C45H78O14P2/c1-4-6-7-8-22-27-32-41(46)33-28-23-18-14-10-12-15-19-24-29-34-44(48)55-38-43(39-58-61(53,54)57-37-42(47)36-56-60(50,51)52)59-45(49)35-30-25-20-16-11-9-13-17-21-26-31-40(3)5-2/h6-7,10,12,18-19,22-24,27-28,33,40-43,46-47H,4-5,8-9,11,13-17,20-21,25-26,29-32,34-39H2,1-3H3,(H,53,54)(H2,50,51,52)/b7-6-,12-10-,23-18-,24-19-,27-22-,33-28+/t40?,41?,42-,43+/m0/s1. The van der Waals surface area contributed by atoms with Gasteiger partial charge in [-0.05, 0) is 50.9 Å². The van der Waals surface area contributed by atoms with E-state index < -0.39 is 72.3 Å². The van der Waals surface area contributed by atoms with Gasteiger partial charge in [-0.2, -0.15) is 0 Å². The predicted octanol–water partition coefficient (Wildman–Crippen LogP) is 10.2. The van der Waals surface area contributed by atoms with Crippen molar-refractivity contribution in [3.8, 4) is 0 Å². The Morgan fingerprint density at radius 1 is 0.607 bits per heavy atom. The summed E-state index contributed by atoms with van der Waals surface area (Å²) in [6, 6.07) is 0. The fourth-order valence-electron chi connectivity index (χ4n) is 5.49. The van der Waals surface area contributed by atoms with Gasteiger partial charge in [-0.1, -0.05) is 164 Å². The summed E-state index contributed by atoms with van der Waals surface area (Å²) in [7, 11) is -9.71. The van der Waals surface area contributed by atoms with Crippen molar-refractivity contribution in [2.45, 2.75) is 167 Å². The fraction of sp³-hybridized carbons (Fsp3) is 0.689. The summed E-state index contributed by atoms with van der Waals surface area (Å²) in [5.74, 6) is -0.353. The Balaban J connectivity index is 4.69. The summed E-state index contributed by atoms with van der Waals surface area (Å²) < 4.78 is 47.7. The lowest BCUT2D eigenvalue weighted by atomic mass is 9.99. The van der Waals surface area contributed by atoms with E-state index in [0.29, 0.717) is 25.7 Å². The van der Waals surface area contributed by atoms with Crippen LogP contribution in [-0.4, -0.2) is 81.6 Å². The lowest BCUT2D eigenvalue weighted by Crippen LogP contribution is -2.29. The van der Waals surface area contributed by atoms with Crippen LogP contribution in [0.4, 0.5) is 0 Å². The van der Waals surface area contributed by atoms with Crippen molar-refractivity contribution in [2.24, 2.45) is 5.92 Å². The third kappa shape index (κ3) is 42.6. The summed E-state index contributed by atoms with van der Waals surface area (Å²) in [6.07, 6.45) is 38.0. The van der Waals surface area contributed by atoms with E-state index in [-0.39, 0.29) is 12.8 Å². The molecule has 0 fully saturated rings.